The van der Waals surface area contributed by atoms with Crippen LogP contribution in [0.4, 0.5) is 0 Å². The van der Waals surface area contributed by atoms with E-state index in [9.17, 15) is 9.59 Å². The molecule has 5 heteroatoms. The monoisotopic (exact) mass is 281 g/mol. The minimum Gasteiger partial charge on any atom is -0.328 e. The fraction of sp³-hybridized carbons (Fsp3) is 0.188. The summed E-state index contributed by atoms with van der Waals surface area (Å²) in [4.78, 5) is 29.7. The van der Waals surface area contributed by atoms with Gasteiger partial charge in [-0.05, 0) is 38.1 Å². The van der Waals surface area contributed by atoms with Crippen molar-refractivity contribution >= 4 is 17.3 Å². The second kappa shape index (κ2) is 5.01. The van der Waals surface area contributed by atoms with Gasteiger partial charge in [-0.2, -0.15) is 0 Å². The molecule has 3 aromatic rings. The van der Waals surface area contributed by atoms with Gasteiger partial charge in [0.2, 0.25) is 0 Å². The van der Waals surface area contributed by atoms with Crippen LogP contribution < -0.4 is 5.56 Å². The average Bonchev–Trinajstić information content (AvgIpc) is 2.87. The van der Waals surface area contributed by atoms with E-state index in [1.54, 1.807) is 25.3 Å². The maximum Gasteiger partial charge on any atom is 0.250 e. The van der Waals surface area contributed by atoms with E-state index >= 15 is 0 Å². The maximum absolute atomic E-state index is 11.5. The van der Waals surface area contributed by atoms with Crippen LogP contribution in [0.5, 0.6) is 0 Å². The summed E-state index contributed by atoms with van der Waals surface area (Å²) in [7, 11) is 0. The molecule has 0 saturated carbocycles. The van der Waals surface area contributed by atoms with Crippen LogP contribution in [0.3, 0.4) is 0 Å². The van der Waals surface area contributed by atoms with E-state index in [0.717, 1.165) is 35.3 Å². The van der Waals surface area contributed by atoms with Crippen LogP contribution in [-0.2, 0) is 6.54 Å². The van der Waals surface area contributed by atoms with Crippen LogP contribution in [0.2, 0.25) is 0 Å². The third kappa shape index (κ3) is 2.16. The second-order valence-electron chi connectivity index (χ2n) is 4.95. The molecule has 0 atom stereocenters. The van der Waals surface area contributed by atoms with Crippen LogP contribution in [0.15, 0.2) is 35.3 Å². The first-order valence-corrected chi connectivity index (χ1v) is 6.79. The van der Waals surface area contributed by atoms with Gasteiger partial charge in [0.15, 0.2) is 0 Å². The Hall–Kier alpha value is -2.69. The number of H-pyrrole nitrogens is 1. The minimum atomic E-state index is -0.0962. The van der Waals surface area contributed by atoms with Crippen molar-refractivity contribution in [2.24, 2.45) is 0 Å². The van der Waals surface area contributed by atoms with Crippen molar-refractivity contribution in [2.45, 2.75) is 20.4 Å². The fourth-order valence-electron chi connectivity index (χ4n) is 2.49. The molecule has 3 rings (SSSR count). The van der Waals surface area contributed by atoms with E-state index in [1.807, 2.05) is 19.1 Å². The number of carbonyl (C=O) groups excluding carboxylic acids is 1. The molecule has 0 aliphatic carbocycles. The highest BCUT2D eigenvalue weighted by Crippen LogP contribution is 2.24. The van der Waals surface area contributed by atoms with Crippen molar-refractivity contribution in [2.75, 3.05) is 0 Å². The van der Waals surface area contributed by atoms with Gasteiger partial charge in [0, 0.05) is 29.4 Å². The van der Waals surface area contributed by atoms with Gasteiger partial charge in [0.25, 0.3) is 5.56 Å². The number of hydrogen-bond donors (Lipinski definition) is 1. The van der Waals surface area contributed by atoms with Gasteiger partial charge in [-0.15, -0.1) is 0 Å². The van der Waals surface area contributed by atoms with Crippen LogP contribution in [0.25, 0.3) is 22.4 Å². The maximum atomic E-state index is 11.5. The molecular formula is C16H15N3O2. The molecule has 1 N–H and O–H groups in total. The van der Waals surface area contributed by atoms with Gasteiger partial charge < -0.3 is 9.55 Å². The van der Waals surface area contributed by atoms with Crippen LogP contribution in [0.1, 0.15) is 22.8 Å². The Balaban J connectivity index is 2.28. The zero-order chi connectivity index (χ0) is 15.0. The Labute approximate surface area is 121 Å². The summed E-state index contributed by atoms with van der Waals surface area (Å²) in [5.74, 6) is 0.787. The van der Waals surface area contributed by atoms with E-state index in [2.05, 4.69) is 14.5 Å². The van der Waals surface area contributed by atoms with Gasteiger partial charge in [-0.1, -0.05) is 0 Å². The summed E-state index contributed by atoms with van der Waals surface area (Å²) in [6.45, 7) is 4.56. The molecule has 2 heterocycles. The summed E-state index contributed by atoms with van der Waals surface area (Å²) >= 11 is 0. The molecule has 0 aliphatic rings. The molecule has 0 radical (unpaired) electrons. The third-order valence-electron chi connectivity index (χ3n) is 3.57. The first-order chi connectivity index (χ1) is 10.1. The molecule has 0 spiro atoms. The Bertz CT molecular complexity index is 890. The molecule has 5 nitrogen and oxygen atoms in total. The Kier molecular flexibility index (Phi) is 3.17. The summed E-state index contributed by atoms with van der Waals surface area (Å²) in [5, 5.41) is 0. The Morgan fingerprint density at radius 3 is 2.81 bits per heavy atom. The number of imidazole rings is 1. The van der Waals surface area contributed by atoms with Crippen molar-refractivity contribution in [1.82, 2.24) is 14.5 Å². The molecule has 21 heavy (non-hydrogen) atoms. The molecule has 106 valence electrons. The van der Waals surface area contributed by atoms with Gasteiger partial charge in [0.1, 0.15) is 12.1 Å². The number of benzene rings is 1. The molecule has 2 aromatic heterocycles. The topological polar surface area (TPSA) is 67.8 Å². The number of fused-ring (bicyclic) bond motifs is 1. The number of hydrogen-bond acceptors (Lipinski definition) is 3. The highest BCUT2D eigenvalue weighted by atomic mass is 16.1. The van der Waals surface area contributed by atoms with E-state index in [0.29, 0.717) is 11.1 Å². The van der Waals surface area contributed by atoms with Crippen molar-refractivity contribution in [3.8, 4) is 11.4 Å². The number of rotatable bonds is 3. The fourth-order valence-corrected chi connectivity index (χ4v) is 2.49. The highest BCUT2D eigenvalue weighted by Gasteiger charge is 2.12. The number of carbonyl (C=O) groups is 1. The summed E-state index contributed by atoms with van der Waals surface area (Å²) in [6.07, 6.45) is 2.48. The second-order valence-corrected chi connectivity index (χ2v) is 4.95. The first kappa shape index (κ1) is 13.3. The normalized spacial score (nSPS) is 11.0. The van der Waals surface area contributed by atoms with Crippen LogP contribution in [0, 0.1) is 6.92 Å². The predicted octanol–water partition coefficient (Wildman–Crippen LogP) is 2.53. The number of aromatic nitrogens is 3. The number of nitrogens with one attached hydrogen (secondary N) is 1. The standard InChI is InChI=1S/C16H15N3O2/c1-3-19-14-5-4-11(9-20)7-13(14)18-15(19)12-6-10(2)16(21)17-8-12/h4-9H,3H2,1-2H3,(H,17,21). The van der Waals surface area contributed by atoms with E-state index < -0.39 is 0 Å². The molecule has 0 aliphatic heterocycles. The Morgan fingerprint density at radius 2 is 2.14 bits per heavy atom. The molecule has 0 unspecified atom stereocenters. The largest absolute Gasteiger partial charge is 0.328 e. The lowest BCUT2D eigenvalue weighted by Gasteiger charge is -2.06. The molecule has 0 fully saturated rings. The molecule has 1 aromatic carbocycles. The summed E-state index contributed by atoms with van der Waals surface area (Å²) < 4.78 is 2.07. The highest BCUT2D eigenvalue weighted by molar-refractivity contribution is 5.87. The number of aromatic amines is 1. The van der Waals surface area contributed by atoms with Crippen LogP contribution >= 0.6 is 0 Å². The van der Waals surface area contributed by atoms with Gasteiger partial charge in [-0.25, -0.2) is 4.98 Å². The lowest BCUT2D eigenvalue weighted by Crippen LogP contribution is -2.09. The van der Waals surface area contributed by atoms with Crippen molar-refractivity contribution in [3.63, 3.8) is 0 Å². The zero-order valence-electron chi connectivity index (χ0n) is 11.9. The van der Waals surface area contributed by atoms with Gasteiger partial charge >= 0.3 is 0 Å². The van der Waals surface area contributed by atoms with E-state index in [-0.39, 0.29) is 5.56 Å². The molecule has 0 amide bonds. The smallest absolute Gasteiger partial charge is 0.250 e. The zero-order valence-corrected chi connectivity index (χ0v) is 11.9. The molecule has 0 saturated heterocycles. The number of nitrogens with zero attached hydrogens (tertiary/aromatic N) is 2. The van der Waals surface area contributed by atoms with Gasteiger partial charge in [0.05, 0.1) is 11.0 Å². The van der Waals surface area contributed by atoms with Gasteiger partial charge in [-0.3, -0.25) is 9.59 Å². The average molecular weight is 281 g/mol. The number of pyridine rings is 1. The third-order valence-corrected chi connectivity index (χ3v) is 3.57. The van der Waals surface area contributed by atoms with E-state index in [1.165, 1.54) is 0 Å². The SMILES string of the molecule is CCn1c(-c2c[nH]c(=O)c(C)c2)nc2cc(C=O)ccc21. The Morgan fingerprint density at radius 1 is 1.33 bits per heavy atom. The predicted molar refractivity (Wildman–Crippen MR) is 81.6 cm³/mol. The van der Waals surface area contributed by atoms with Crippen molar-refractivity contribution in [3.05, 3.63) is 51.9 Å². The van der Waals surface area contributed by atoms with E-state index in [4.69, 9.17) is 0 Å². The lowest BCUT2D eigenvalue weighted by atomic mass is 10.2. The van der Waals surface area contributed by atoms with Crippen molar-refractivity contribution < 1.29 is 4.79 Å². The van der Waals surface area contributed by atoms with Crippen LogP contribution in [-0.4, -0.2) is 20.8 Å². The summed E-state index contributed by atoms with van der Waals surface area (Å²) in [6, 6.07) is 7.28. The lowest BCUT2D eigenvalue weighted by molar-refractivity contribution is 0.112. The quantitative estimate of drug-likeness (QED) is 0.750. The first-order valence-electron chi connectivity index (χ1n) is 6.79. The summed E-state index contributed by atoms with van der Waals surface area (Å²) in [5.41, 5.74) is 3.77. The molecule has 0 bridgehead atoms. The minimum absolute atomic E-state index is 0.0962. The molecular weight excluding hydrogens is 266 g/mol. The number of aldehydes is 1. The number of aryl methyl sites for hydroxylation is 2. The van der Waals surface area contributed by atoms with Crippen molar-refractivity contribution in [1.29, 1.82) is 0 Å².